The first kappa shape index (κ1) is 27.0. The molecule has 7 nitrogen and oxygen atoms in total. The van der Waals surface area contributed by atoms with Crippen LogP contribution in [0.25, 0.3) is 10.2 Å². The lowest BCUT2D eigenvalue weighted by molar-refractivity contribution is -0.139. The van der Waals surface area contributed by atoms with Crippen molar-refractivity contribution in [2.45, 2.75) is 18.5 Å². The van der Waals surface area contributed by atoms with Crippen LogP contribution in [0.2, 0.25) is 0 Å². The quantitative estimate of drug-likeness (QED) is 0.413. The second-order valence-electron chi connectivity index (χ2n) is 9.22. The zero-order valence-electron chi connectivity index (χ0n) is 20.2. The number of fused-ring (bicyclic) bond motifs is 1. The van der Waals surface area contributed by atoms with Crippen LogP contribution in [0.3, 0.4) is 0 Å². The molecule has 0 N–H and O–H groups in total. The maximum atomic E-state index is 13.2. The number of hydrogen-bond acceptors (Lipinski definition) is 7. The van der Waals surface area contributed by atoms with Crippen molar-refractivity contribution in [3.05, 3.63) is 53.1 Å². The van der Waals surface area contributed by atoms with Gasteiger partial charge in [0.2, 0.25) is 5.91 Å². The molecule has 0 radical (unpaired) electrons. The molecule has 0 atom stereocenters. The van der Waals surface area contributed by atoms with E-state index in [0.29, 0.717) is 54.8 Å². The number of nitrogens with zero attached hydrogens (tertiary/aromatic N) is 5. The molecule has 2 saturated heterocycles. The first-order valence-electron chi connectivity index (χ1n) is 11.9. The molecule has 39 heavy (non-hydrogen) atoms. The lowest BCUT2D eigenvalue weighted by Gasteiger charge is -2.41. The molecular weight excluding hydrogens is 548 g/mol. The van der Waals surface area contributed by atoms with Gasteiger partial charge in [-0.05, 0) is 36.4 Å². The number of rotatable bonds is 5. The highest BCUT2D eigenvalue weighted by atomic mass is 32.1. The fourth-order valence-corrected chi connectivity index (χ4v) is 5.47. The van der Waals surface area contributed by atoms with Crippen LogP contribution in [-0.4, -0.2) is 67.8 Å². The highest BCUT2D eigenvalue weighted by Crippen LogP contribution is 2.36. The third-order valence-corrected chi connectivity index (χ3v) is 7.79. The molecule has 2 aliphatic rings. The van der Waals surface area contributed by atoms with Gasteiger partial charge in [0.05, 0.1) is 39.1 Å². The molecule has 3 aromatic rings. The van der Waals surface area contributed by atoms with Gasteiger partial charge in [0.25, 0.3) is 0 Å². The second-order valence-corrected chi connectivity index (χ2v) is 10.2. The van der Waals surface area contributed by atoms with E-state index in [-0.39, 0.29) is 24.1 Å². The number of anilines is 2. The lowest BCUT2D eigenvalue weighted by atomic mass is 10.0. The van der Waals surface area contributed by atoms with E-state index in [4.69, 9.17) is 10.00 Å². The van der Waals surface area contributed by atoms with Crippen molar-refractivity contribution in [3.63, 3.8) is 0 Å². The number of halogens is 6. The molecule has 0 aliphatic carbocycles. The van der Waals surface area contributed by atoms with E-state index < -0.39 is 29.0 Å². The third-order valence-electron chi connectivity index (χ3n) is 6.69. The van der Waals surface area contributed by atoms with Crippen LogP contribution in [-0.2, 0) is 21.9 Å². The van der Waals surface area contributed by atoms with Crippen molar-refractivity contribution in [1.82, 2.24) is 9.88 Å². The van der Waals surface area contributed by atoms with Gasteiger partial charge in [-0.15, -0.1) is 0 Å². The number of hydrogen-bond donors (Lipinski definition) is 0. The van der Waals surface area contributed by atoms with Gasteiger partial charge >= 0.3 is 12.4 Å². The summed E-state index contributed by atoms with van der Waals surface area (Å²) in [5.41, 5.74) is -1.57. The van der Waals surface area contributed by atoms with Gasteiger partial charge in [-0.3, -0.25) is 4.79 Å². The monoisotopic (exact) mass is 569 g/mol. The molecule has 0 saturated carbocycles. The van der Waals surface area contributed by atoms with Gasteiger partial charge in [0.1, 0.15) is 6.61 Å². The number of amides is 1. The minimum atomic E-state index is -4.64. The molecule has 14 heteroatoms. The predicted molar refractivity (Wildman–Crippen MR) is 132 cm³/mol. The van der Waals surface area contributed by atoms with Gasteiger partial charge in [-0.1, -0.05) is 11.3 Å². The van der Waals surface area contributed by atoms with Gasteiger partial charge < -0.3 is 19.4 Å². The minimum absolute atomic E-state index is 0.166. The molecule has 1 amide bonds. The van der Waals surface area contributed by atoms with E-state index in [1.807, 2.05) is 4.90 Å². The summed E-state index contributed by atoms with van der Waals surface area (Å²) >= 11 is 1.30. The zero-order valence-corrected chi connectivity index (χ0v) is 21.0. The summed E-state index contributed by atoms with van der Waals surface area (Å²) < 4.78 is 84.9. The average molecular weight is 570 g/mol. The number of carbonyl (C=O) groups excluding carboxylic acids is 1. The molecule has 5 rings (SSSR count). The van der Waals surface area contributed by atoms with Crippen molar-refractivity contribution in [1.29, 1.82) is 5.26 Å². The Balaban J connectivity index is 1.09. The van der Waals surface area contributed by atoms with E-state index in [2.05, 4.69) is 4.98 Å². The fraction of sp³-hybridized carbons (Fsp3) is 0.400. The number of aromatic nitrogens is 1. The number of piperazine rings is 1. The summed E-state index contributed by atoms with van der Waals surface area (Å²) in [6.07, 6.45) is -9.39. The average Bonchev–Trinajstić information content (AvgIpc) is 3.30. The smallest absolute Gasteiger partial charge is 0.366 e. The molecule has 2 fully saturated rings. The van der Waals surface area contributed by atoms with Gasteiger partial charge in [0.15, 0.2) is 5.13 Å². The summed E-state index contributed by atoms with van der Waals surface area (Å²) in [5, 5.41) is 9.53. The van der Waals surface area contributed by atoms with Crippen molar-refractivity contribution < 1.29 is 35.9 Å². The van der Waals surface area contributed by atoms with Crippen LogP contribution in [0.4, 0.5) is 37.2 Å². The van der Waals surface area contributed by atoms with Crippen LogP contribution < -0.4 is 9.80 Å². The van der Waals surface area contributed by atoms with E-state index in [1.165, 1.54) is 23.5 Å². The second kappa shape index (κ2) is 10.2. The number of alkyl halides is 6. The Hall–Kier alpha value is -3.57. The predicted octanol–water partition coefficient (Wildman–Crippen LogP) is 4.76. The third kappa shape index (κ3) is 5.74. The van der Waals surface area contributed by atoms with Crippen LogP contribution >= 0.6 is 11.3 Å². The topological polar surface area (TPSA) is 72.7 Å². The standard InChI is InChI=1S/C25H21F6N5O2S/c26-24(27,28)16-2-4-21-20(9-16)33-23(39-21)35-7-5-34(6-8-35)22(37)14-38-18-12-36(13-18)17-3-1-15(11-32)19(10-17)25(29,30)31/h1-4,9-10,18H,5-8,12-14H2. The van der Waals surface area contributed by atoms with E-state index in [9.17, 15) is 31.1 Å². The lowest BCUT2D eigenvalue weighted by Crippen LogP contribution is -2.54. The first-order chi connectivity index (χ1) is 18.4. The number of carbonyl (C=O) groups is 1. The highest BCUT2D eigenvalue weighted by Gasteiger charge is 2.36. The van der Waals surface area contributed by atoms with Crippen LogP contribution in [0.5, 0.6) is 0 Å². The maximum Gasteiger partial charge on any atom is 0.417 e. The summed E-state index contributed by atoms with van der Waals surface area (Å²) in [4.78, 5) is 22.2. The van der Waals surface area contributed by atoms with E-state index in [1.54, 1.807) is 15.9 Å². The van der Waals surface area contributed by atoms with Gasteiger partial charge in [-0.2, -0.15) is 31.6 Å². The Morgan fingerprint density at radius 2 is 1.72 bits per heavy atom. The Kier molecular flexibility index (Phi) is 7.06. The number of thiazole rings is 1. The Morgan fingerprint density at radius 1 is 1.00 bits per heavy atom. The van der Waals surface area contributed by atoms with Crippen molar-refractivity contribution in [2.75, 3.05) is 55.7 Å². The van der Waals surface area contributed by atoms with Crippen molar-refractivity contribution in [3.8, 4) is 6.07 Å². The largest absolute Gasteiger partial charge is 0.417 e. The molecule has 1 aromatic heterocycles. The van der Waals surface area contributed by atoms with Gasteiger partial charge in [-0.25, -0.2) is 4.98 Å². The van der Waals surface area contributed by atoms with E-state index in [0.717, 1.165) is 24.3 Å². The van der Waals surface area contributed by atoms with Crippen LogP contribution in [0.15, 0.2) is 36.4 Å². The molecule has 2 aliphatic heterocycles. The van der Waals surface area contributed by atoms with Crippen LogP contribution in [0, 0.1) is 11.3 Å². The number of nitriles is 1. The molecular formula is C25H21F6N5O2S. The first-order valence-corrected chi connectivity index (χ1v) is 12.7. The SMILES string of the molecule is N#Cc1ccc(N2CC(OCC(=O)N3CCN(c4nc5cc(C(F)(F)F)ccc5s4)CC3)C2)cc1C(F)(F)F. The van der Waals surface area contributed by atoms with Crippen LogP contribution in [0.1, 0.15) is 16.7 Å². The summed E-state index contributed by atoms with van der Waals surface area (Å²) in [6, 6.07) is 8.57. The number of benzene rings is 2. The number of ether oxygens (including phenoxy) is 1. The highest BCUT2D eigenvalue weighted by molar-refractivity contribution is 7.22. The van der Waals surface area contributed by atoms with Gasteiger partial charge in [0, 0.05) is 45.0 Å². The molecule has 0 unspecified atom stereocenters. The minimum Gasteiger partial charge on any atom is -0.366 e. The summed E-state index contributed by atoms with van der Waals surface area (Å²) in [6.45, 7) is 2.20. The maximum absolute atomic E-state index is 13.2. The van der Waals surface area contributed by atoms with E-state index >= 15 is 0 Å². The molecule has 0 spiro atoms. The zero-order chi connectivity index (χ0) is 27.9. The van der Waals surface area contributed by atoms with Crippen molar-refractivity contribution in [2.24, 2.45) is 0 Å². The molecule has 2 aromatic carbocycles. The van der Waals surface area contributed by atoms with Crippen molar-refractivity contribution >= 4 is 38.3 Å². The normalized spacial score (nSPS) is 16.9. The summed E-state index contributed by atoms with van der Waals surface area (Å²) in [5.74, 6) is -0.218. The molecule has 0 bridgehead atoms. The molecule has 3 heterocycles. The Labute approximate surface area is 222 Å². The Bertz CT molecular complexity index is 1420. The molecule has 206 valence electrons. The fourth-order valence-electron chi connectivity index (χ4n) is 4.47. The Morgan fingerprint density at radius 3 is 2.36 bits per heavy atom. The summed E-state index contributed by atoms with van der Waals surface area (Å²) in [7, 11) is 0.